The van der Waals surface area contributed by atoms with Crippen molar-refractivity contribution in [2.24, 2.45) is 0 Å². The van der Waals surface area contributed by atoms with Gasteiger partial charge in [0.05, 0.1) is 0 Å². The third-order valence-electron chi connectivity index (χ3n) is 12.6. The Bertz CT molecular complexity index is 2940. The van der Waals surface area contributed by atoms with Crippen molar-refractivity contribution in [1.29, 1.82) is 0 Å². The van der Waals surface area contributed by atoms with Crippen LogP contribution in [0.25, 0.3) is 0 Å². The van der Waals surface area contributed by atoms with Crippen LogP contribution >= 0.6 is 0 Å². The van der Waals surface area contributed by atoms with E-state index < -0.39 is 0 Å². The lowest BCUT2D eigenvalue weighted by Gasteiger charge is -2.46. The molecule has 13 rings (SSSR count). The largest absolute Gasteiger partial charge is 0.311 e. The first-order valence-corrected chi connectivity index (χ1v) is 20.4. The predicted molar refractivity (Wildman–Crippen MR) is 248 cm³/mol. The quantitative estimate of drug-likeness (QED) is 0.168. The van der Waals surface area contributed by atoms with Gasteiger partial charge >= 0.3 is 0 Å². The average molecular weight is 765 g/mol. The Hall–Kier alpha value is -7.90. The summed E-state index contributed by atoms with van der Waals surface area (Å²) in [5.74, 6) is 2.58. The van der Waals surface area contributed by atoms with E-state index in [4.69, 9.17) is 15.0 Å². The summed E-state index contributed by atoms with van der Waals surface area (Å²) in [5.41, 5.74) is 17.2. The highest BCUT2D eigenvalue weighted by Crippen LogP contribution is 2.47. The van der Waals surface area contributed by atoms with Crippen molar-refractivity contribution in [3.63, 3.8) is 0 Å². The van der Waals surface area contributed by atoms with Crippen molar-refractivity contribution >= 4 is 115 Å². The van der Waals surface area contributed by atoms with Crippen LogP contribution in [0.15, 0.2) is 201 Å². The second-order valence-corrected chi connectivity index (χ2v) is 15.6. The van der Waals surface area contributed by atoms with Gasteiger partial charge in [-0.25, -0.2) is 15.0 Å². The van der Waals surface area contributed by atoms with Gasteiger partial charge in [-0.3, -0.25) is 9.80 Å². The standard InChI is InChI=1S/C51H33B2N7/c1-5-17-34(18-6-1)57-42-27-14-13-25-38(42)52-40-31-41-46(32-45(40)58(35-19-7-2-8-20-35)44-29-15-28-43(57)47(44)52)59(36-21-9-3-10-22-36)50-48-51(56-33-55-50)60(37-23-11-4-12-24-37)49-39(53(41)48)26-16-30-54-49/h1-33H. The summed E-state index contributed by atoms with van der Waals surface area (Å²) < 4.78 is 0. The van der Waals surface area contributed by atoms with Gasteiger partial charge in [-0.15, -0.1) is 0 Å². The van der Waals surface area contributed by atoms with Crippen molar-refractivity contribution < 1.29 is 0 Å². The van der Waals surface area contributed by atoms with Crippen molar-refractivity contribution in [2.45, 2.75) is 0 Å². The fourth-order valence-electron chi connectivity index (χ4n) is 10.2. The van der Waals surface area contributed by atoms with Gasteiger partial charge in [0.15, 0.2) is 0 Å². The van der Waals surface area contributed by atoms with E-state index in [1.54, 1.807) is 6.33 Å². The van der Waals surface area contributed by atoms with Crippen LogP contribution in [-0.2, 0) is 0 Å². The molecular weight excluding hydrogens is 732 g/mol. The Labute approximate surface area is 348 Å². The van der Waals surface area contributed by atoms with E-state index in [-0.39, 0.29) is 13.4 Å². The molecule has 0 bridgehead atoms. The molecule has 0 unspecified atom stereocenters. The van der Waals surface area contributed by atoms with Crippen LogP contribution in [-0.4, -0.2) is 28.4 Å². The van der Waals surface area contributed by atoms with Gasteiger partial charge in [0, 0.05) is 62.8 Å². The minimum Gasteiger partial charge on any atom is -0.311 e. The molecule has 60 heavy (non-hydrogen) atoms. The Morgan fingerprint density at radius 3 is 1.40 bits per heavy atom. The number of hydrogen-bond donors (Lipinski definition) is 0. The van der Waals surface area contributed by atoms with E-state index in [9.17, 15) is 0 Å². The van der Waals surface area contributed by atoms with E-state index in [0.717, 1.165) is 62.5 Å². The highest BCUT2D eigenvalue weighted by atomic mass is 15.3. The first-order valence-electron chi connectivity index (χ1n) is 20.4. The fraction of sp³-hybridized carbons (Fsp3) is 0. The molecule has 4 aliphatic heterocycles. The molecule has 0 N–H and O–H groups in total. The van der Waals surface area contributed by atoms with Crippen LogP contribution in [0.3, 0.4) is 0 Å². The van der Waals surface area contributed by atoms with Crippen molar-refractivity contribution in [1.82, 2.24) is 15.0 Å². The summed E-state index contributed by atoms with van der Waals surface area (Å²) >= 11 is 0. The zero-order valence-corrected chi connectivity index (χ0v) is 32.3. The van der Waals surface area contributed by atoms with Gasteiger partial charge in [0.25, 0.3) is 13.4 Å². The summed E-state index contributed by atoms with van der Waals surface area (Å²) in [6.07, 6.45) is 3.60. The van der Waals surface area contributed by atoms with Gasteiger partial charge in [-0.1, -0.05) is 109 Å². The number of nitrogens with zero attached hydrogens (tertiary/aromatic N) is 7. The highest BCUT2D eigenvalue weighted by Gasteiger charge is 2.49. The van der Waals surface area contributed by atoms with Gasteiger partial charge in [-0.2, -0.15) is 0 Å². The molecule has 7 nitrogen and oxygen atoms in total. The van der Waals surface area contributed by atoms with Gasteiger partial charge < -0.3 is 9.80 Å². The Balaban J connectivity index is 1.14. The normalized spacial score (nSPS) is 13.8. The van der Waals surface area contributed by atoms with Gasteiger partial charge in [0.2, 0.25) is 0 Å². The molecular formula is C51H33B2N7. The Morgan fingerprint density at radius 1 is 0.300 bits per heavy atom. The van der Waals surface area contributed by atoms with Crippen LogP contribution in [0.4, 0.5) is 68.6 Å². The maximum absolute atomic E-state index is 5.16. The topological polar surface area (TPSA) is 51.6 Å². The van der Waals surface area contributed by atoms with E-state index in [1.165, 1.54) is 38.9 Å². The molecule has 7 aromatic carbocycles. The zero-order chi connectivity index (χ0) is 39.3. The molecule has 6 heterocycles. The molecule has 4 aliphatic rings. The molecule has 0 aliphatic carbocycles. The molecule has 2 aromatic heterocycles. The summed E-state index contributed by atoms with van der Waals surface area (Å²) in [7, 11) is 0. The lowest BCUT2D eigenvalue weighted by atomic mass is 9.30. The average Bonchev–Trinajstić information content (AvgIpc) is 3.32. The van der Waals surface area contributed by atoms with Crippen LogP contribution in [0.2, 0.25) is 0 Å². The van der Waals surface area contributed by atoms with E-state index >= 15 is 0 Å². The summed E-state index contributed by atoms with van der Waals surface area (Å²) in [4.78, 5) is 24.8. The second kappa shape index (κ2) is 12.8. The van der Waals surface area contributed by atoms with Crippen LogP contribution in [0.1, 0.15) is 0 Å². The second-order valence-electron chi connectivity index (χ2n) is 15.6. The number of para-hydroxylation sites is 5. The first kappa shape index (κ1) is 33.1. The number of aromatic nitrogens is 3. The summed E-state index contributed by atoms with van der Waals surface area (Å²) in [6.45, 7) is -0.218. The molecule has 0 amide bonds. The lowest BCUT2D eigenvalue weighted by Crippen LogP contribution is -2.65. The van der Waals surface area contributed by atoms with E-state index in [0.29, 0.717) is 0 Å². The minimum absolute atomic E-state index is 0.0385. The number of anilines is 12. The number of fused-ring (bicyclic) bond motifs is 8. The molecule has 0 saturated carbocycles. The number of hydrogen-bond acceptors (Lipinski definition) is 7. The van der Waals surface area contributed by atoms with Crippen LogP contribution < -0.4 is 52.4 Å². The summed E-state index contributed by atoms with van der Waals surface area (Å²) in [5, 5.41) is 0. The fourth-order valence-corrected chi connectivity index (χ4v) is 10.2. The van der Waals surface area contributed by atoms with Gasteiger partial charge in [-0.05, 0) is 106 Å². The lowest BCUT2D eigenvalue weighted by molar-refractivity contribution is 1.07. The smallest absolute Gasteiger partial charge is 0.258 e. The third kappa shape index (κ3) is 4.60. The van der Waals surface area contributed by atoms with Crippen LogP contribution in [0, 0.1) is 0 Å². The van der Waals surface area contributed by atoms with E-state index in [2.05, 4.69) is 202 Å². The molecule has 9 aromatic rings. The maximum atomic E-state index is 5.16. The van der Waals surface area contributed by atoms with E-state index in [1.807, 2.05) is 12.3 Å². The first-order chi connectivity index (χ1) is 29.8. The third-order valence-corrected chi connectivity index (χ3v) is 12.6. The number of pyridine rings is 1. The maximum Gasteiger partial charge on any atom is 0.258 e. The Kier molecular flexibility index (Phi) is 7.06. The molecule has 0 radical (unpaired) electrons. The summed E-state index contributed by atoms with van der Waals surface area (Å²) in [6, 6.07) is 67.6. The van der Waals surface area contributed by atoms with Crippen LogP contribution in [0.5, 0.6) is 0 Å². The zero-order valence-electron chi connectivity index (χ0n) is 32.3. The molecule has 9 heteroatoms. The van der Waals surface area contributed by atoms with Gasteiger partial charge in [0.1, 0.15) is 23.8 Å². The highest BCUT2D eigenvalue weighted by molar-refractivity contribution is 7.03. The molecule has 0 saturated heterocycles. The Morgan fingerprint density at radius 2 is 0.767 bits per heavy atom. The molecule has 0 atom stereocenters. The number of benzene rings is 7. The van der Waals surface area contributed by atoms with Crippen molar-refractivity contribution in [3.8, 4) is 0 Å². The predicted octanol–water partition coefficient (Wildman–Crippen LogP) is 8.04. The minimum atomic E-state index is -0.179. The molecule has 0 fully saturated rings. The van der Waals surface area contributed by atoms with Crippen molar-refractivity contribution in [2.75, 3.05) is 19.6 Å². The molecule has 0 spiro atoms. The van der Waals surface area contributed by atoms with Crippen molar-refractivity contribution in [3.05, 3.63) is 201 Å². The SMILES string of the molecule is c1ccc(N2c3ccccc3B3c4cc5c(cc4N(c4ccccc4)c4cccc2c43)N(c2ccccc2)c2ncnc3c2B5c2cccnc2N3c2ccccc2)cc1. The number of rotatable bonds is 4. The monoisotopic (exact) mass is 765 g/mol. The molecule has 278 valence electrons.